The number of carbonyl (C=O) groups excluding carboxylic acids is 2. The number of nitrogens with zero attached hydrogens (tertiary/aromatic N) is 1. The SMILES string of the molecule is O=C(NC1(CC(=O)N2CC[C@@H]3[C@H](c4ccccc4)Nc4ccccc4[C@@H]32)CCOCC1)c1ccccc1. The number of rotatable bonds is 5. The Kier molecular flexibility index (Phi) is 6.43. The molecule has 6 heteroatoms. The molecule has 0 bridgehead atoms. The second-order valence-electron chi connectivity index (χ2n) is 10.5. The van der Waals surface area contributed by atoms with E-state index < -0.39 is 5.54 Å². The first-order valence-corrected chi connectivity index (χ1v) is 13.3. The third kappa shape index (κ3) is 4.62. The number of amides is 2. The van der Waals surface area contributed by atoms with Crippen LogP contribution in [0.25, 0.3) is 0 Å². The Labute approximate surface area is 218 Å². The average molecular weight is 496 g/mol. The molecule has 2 N–H and O–H groups in total. The molecule has 3 aromatic carbocycles. The summed E-state index contributed by atoms with van der Waals surface area (Å²) < 4.78 is 5.63. The van der Waals surface area contributed by atoms with E-state index in [1.807, 2.05) is 42.5 Å². The second-order valence-corrected chi connectivity index (χ2v) is 10.5. The van der Waals surface area contributed by atoms with Crippen LogP contribution in [-0.4, -0.2) is 42.0 Å². The average Bonchev–Trinajstić information content (AvgIpc) is 3.40. The van der Waals surface area contributed by atoms with Gasteiger partial charge in [0.15, 0.2) is 0 Å². The monoisotopic (exact) mass is 495 g/mol. The van der Waals surface area contributed by atoms with Crippen molar-refractivity contribution in [3.8, 4) is 0 Å². The summed E-state index contributed by atoms with van der Waals surface area (Å²) in [6, 6.07) is 28.3. The first kappa shape index (κ1) is 23.7. The molecule has 37 heavy (non-hydrogen) atoms. The van der Waals surface area contributed by atoms with E-state index in [0.29, 0.717) is 38.2 Å². The minimum absolute atomic E-state index is 0.0110. The summed E-state index contributed by atoms with van der Waals surface area (Å²) in [7, 11) is 0. The minimum atomic E-state index is -0.606. The minimum Gasteiger partial charge on any atom is -0.381 e. The molecule has 3 heterocycles. The first-order valence-electron chi connectivity index (χ1n) is 13.3. The van der Waals surface area contributed by atoms with Crippen LogP contribution in [0.5, 0.6) is 0 Å². The van der Waals surface area contributed by atoms with E-state index in [-0.39, 0.29) is 36.2 Å². The molecule has 3 aromatic rings. The van der Waals surface area contributed by atoms with Gasteiger partial charge < -0.3 is 20.3 Å². The number of para-hydroxylation sites is 1. The predicted molar refractivity (Wildman–Crippen MR) is 143 cm³/mol. The molecule has 6 nitrogen and oxygen atoms in total. The van der Waals surface area contributed by atoms with E-state index in [9.17, 15) is 9.59 Å². The van der Waals surface area contributed by atoms with Crippen LogP contribution in [0.4, 0.5) is 5.69 Å². The van der Waals surface area contributed by atoms with Gasteiger partial charge in [0, 0.05) is 36.9 Å². The number of nitrogens with one attached hydrogen (secondary N) is 2. The van der Waals surface area contributed by atoms with Crippen LogP contribution in [0.2, 0.25) is 0 Å². The van der Waals surface area contributed by atoms with Gasteiger partial charge in [0.1, 0.15) is 0 Å². The third-order valence-corrected chi connectivity index (χ3v) is 8.30. The smallest absolute Gasteiger partial charge is 0.251 e. The molecule has 6 rings (SSSR count). The van der Waals surface area contributed by atoms with Gasteiger partial charge in [0.25, 0.3) is 5.91 Å². The highest BCUT2D eigenvalue weighted by molar-refractivity contribution is 5.95. The Bertz CT molecular complexity index is 1260. The fourth-order valence-corrected chi connectivity index (χ4v) is 6.40. The maximum absolute atomic E-state index is 14.1. The number of hydrogen-bond acceptors (Lipinski definition) is 4. The Morgan fingerprint density at radius 3 is 2.35 bits per heavy atom. The summed E-state index contributed by atoms with van der Waals surface area (Å²) in [5.74, 6) is 0.253. The Balaban J connectivity index is 1.27. The Morgan fingerprint density at radius 1 is 0.919 bits per heavy atom. The lowest BCUT2D eigenvalue weighted by Gasteiger charge is -2.42. The molecule has 0 radical (unpaired) electrons. The van der Waals surface area contributed by atoms with Gasteiger partial charge in [-0.15, -0.1) is 0 Å². The summed E-state index contributed by atoms with van der Waals surface area (Å²) >= 11 is 0. The van der Waals surface area contributed by atoms with Crippen LogP contribution in [0.15, 0.2) is 84.9 Å². The second kappa shape index (κ2) is 10.0. The lowest BCUT2D eigenvalue weighted by atomic mass is 9.79. The van der Waals surface area contributed by atoms with Crippen molar-refractivity contribution in [2.75, 3.05) is 25.1 Å². The molecule has 2 fully saturated rings. The molecule has 3 aliphatic rings. The summed E-state index contributed by atoms with van der Waals surface area (Å²) in [5.41, 5.74) is 3.53. The van der Waals surface area contributed by atoms with Gasteiger partial charge in [-0.05, 0) is 48.6 Å². The van der Waals surface area contributed by atoms with Crippen molar-refractivity contribution in [2.24, 2.45) is 5.92 Å². The lowest BCUT2D eigenvalue weighted by molar-refractivity contribution is -0.135. The molecular weight excluding hydrogens is 462 g/mol. The Morgan fingerprint density at radius 2 is 1.59 bits per heavy atom. The lowest BCUT2D eigenvalue weighted by Crippen LogP contribution is -2.54. The van der Waals surface area contributed by atoms with Gasteiger partial charge in [-0.3, -0.25) is 9.59 Å². The molecular formula is C31H33N3O3. The highest BCUT2D eigenvalue weighted by atomic mass is 16.5. The highest BCUT2D eigenvalue weighted by Crippen LogP contribution is 2.51. The quantitative estimate of drug-likeness (QED) is 0.516. The number of fused-ring (bicyclic) bond motifs is 3. The fraction of sp³-hybridized carbons (Fsp3) is 0.355. The molecule has 0 unspecified atom stereocenters. The van der Waals surface area contributed by atoms with E-state index in [0.717, 1.165) is 12.1 Å². The number of carbonyl (C=O) groups is 2. The normalized spacial score (nSPS) is 23.9. The van der Waals surface area contributed by atoms with Gasteiger partial charge in [-0.25, -0.2) is 0 Å². The maximum Gasteiger partial charge on any atom is 0.251 e. The zero-order valence-corrected chi connectivity index (χ0v) is 20.9. The number of benzene rings is 3. The molecule has 2 saturated heterocycles. The van der Waals surface area contributed by atoms with Crippen molar-refractivity contribution >= 4 is 17.5 Å². The van der Waals surface area contributed by atoms with Gasteiger partial charge >= 0.3 is 0 Å². The largest absolute Gasteiger partial charge is 0.381 e. The van der Waals surface area contributed by atoms with Gasteiger partial charge in [0.2, 0.25) is 5.91 Å². The summed E-state index contributed by atoms with van der Waals surface area (Å²) in [6.07, 6.45) is 2.47. The molecule has 0 aromatic heterocycles. The first-order chi connectivity index (χ1) is 18.1. The van der Waals surface area contributed by atoms with E-state index in [1.165, 1.54) is 11.1 Å². The zero-order valence-electron chi connectivity index (χ0n) is 20.9. The van der Waals surface area contributed by atoms with Crippen molar-refractivity contribution in [1.82, 2.24) is 10.2 Å². The molecule has 190 valence electrons. The van der Waals surface area contributed by atoms with Crippen LogP contribution in [-0.2, 0) is 9.53 Å². The van der Waals surface area contributed by atoms with Gasteiger partial charge in [0.05, 0.1) is 24.0 Å². The number of hydrogen-bond donors (Lipinski definition) is 2. The summed E-state index contributed by atoms with van der Waals surface area (Å²) in [4.78, 5) is 29.3. The maximum atomic E-state index is 14.1. The summed E-state index contributed by atoms with van der Waals surface area (Å²) in [5, 5.41) is 7.02. The standard InChI is InChI=1S/C31H33N3O3/c35-27(21-31(16-19-37-20-17-31)33-30(36)23-11-5-2-6-12-23)34-18-15-25-28(22-9-3-1-4-10-22)32-26-14-8-7-13-24(26)29(25)34/h1-14,25,28-29,32H,15-21H2,(H,33,36)/t25-,28+,29+/m1/s1. The van der Waals surface area contributed by atoms with Crippen LogP contribution >= 0.6 is 0 Å². The highest BCUT2D eigenvalue weighted by Gasteiger charge is 2.48. The van der Waals surface area contributed by atoms with Crippen molar-refractivity contribution in [3.05, 3.63) is 102 Å². The van der Waals surface area contributed by atoms with Gasteiger partial charge in [-0.1, -0.05) is 66.7 Å². The third-order valence-electron chi connectivity index (χ3n) is 8.30. The topological polar surface area (TPSA) is 70.7 Å². The molecule has 3 atom stereocenters. The van der Waals surface area contributed by atoms with E-state index in [4.69, 9.17) is 4.74 Å². The van der Waals surface area contributed by atoms with Crippen LogP contribution < -0.4 is 10.6 Å². The van der Waals surface area contributed by atoms with Crippen molar-refractivity contribution < 1.29 is 14.3 Å². The van der Waals surface area contributed by atoms with E-state index in [2.05, 4.69) is 58.0 Å². The Hall–Kier alpha value is -3.64. The number of anilines is 1. The van der Waals surface area contributed by atoms with Crippen molar-refractivity contribution in [3.63, 3.8) is 0 Å². The van der Waals surface area contributed by atoms with E-state index in [1.54, 1.807) is 0 Å². The molecule has 2 amide bonds. The fourth-order valence-electron chi connectivity index (χ4n) is 6.40. The van der Waals surface area contributed by atoms with Crippen molar-refractivity contribution in [1.29, 1.82) is 0 Å². The number of likely N-dealkylation sites (tertiary alicyclic amines) is 1. The van der Waals surface area contributed by atoms with Crippen molar-refractivity contribution in [2.45, 2.75) is 43.3 Å². The summed E-state index contributed by atoms with van der Waals surface area (Å²) in [6.45, 7) is 1.79. The molecule has 3 aliphatic heterocycles. The molecule has 0 aliphatic carbocycles. The van der Waals surface area contributed by atoms with Gasteiger partial charge in [-0.2, -0.15) is 0 Å². The van der Waals surface area contributed by atoms with Crippen LogP contribution in [0, 0.1) is 5.92 Å². The van der Waals surface area contributed by atoms with Crippen LogP contribution in [0.3, 0.4) is 0 Å². The zero-order chi connectivity index (χ0) is 25.2. The molecule has 0 saturated carbocycles. The predicted octanol–water partition coefficient (Wildman–Crippen LogP) is 5.11. The van der Waals surface area contributed by atoms with Crippen LogP contribution in [0.1, 0.15) is 59.3 Å². The molecule has 0 spiro atoms. The number of ether oxygens (including phenoxy) is 1. The van der Waals surface area contributed by atoms with E-state index >= 15 is 0 Å².